The average Bonchev–Trinajstić information content (AvgIpc) is 3.82. The second kappa shape index (κ2) is 21.7. The Morgan fingerprint density at radius 1 is 0.471 bits per heavy atom. The van der Waals surface area contributed by atoms with Gasteiger partial charge in [0.2, 0.25) is 12.3 Å². The van der Waals surface area contributed by atoms with E-state index in [2.05, 4.69) is 270 Å². The van der Waals surface area contributed by atoms with Gasteiger partial charge in [0.25, 0.3) is 0 Å². The van der Waals surface area contributed by atoms with Crippen molar-refractivity contribution >= 4 is 45.5 Å². The van der Waals surface area contributed by atoms with Crippen LogP contribution in [0.3, 0.4) is 0 Å². The Morgan fingerprint density at radius 2 is 0.750 bits per heavy atom. The molecule has 0 saturated heterocycles. The van der Waals surface area contributed by atoms with Gasteiger partial charge >= 0.3 is 0 Å². The lowest BCUT2D eigenvalue weighted by atomic mass is 9.92. The molecule has 4 radical (unpaired) electrons. The summed E-state index contributed by atoms with van der Waals surface area (Å²) in [5.74, 6) is 1.62. The number of imidazole rings is 1. The number of para-hydroxylation sites is 2. The average molecular weight is 965 g/mol. The summed E-state index contributed by atoms with van der Waals surface area (Å²) in [6.45, 7) is 57.5. The van der Waals surface area contributed by atoms with Crippen LogP contribution in [-0.4, -0.2) is 43.3 Å². The Morgan fingerprint density at radius 3 is 1.00 bits per heavy atom. The van der Waals surface area contributed by atoms with Gasteiger partial charge in [0.1, 0.15) is 17.4 Å². The Kier molecular flexibility index (Phi) is 18.1. The Bertz CT molecular complexity index is 2350. The fourth-order valence-corrected chi connectivity index (χ4v) is 25.1. The highest BCUT2D eigenvalue weighted by atomic mass is 29.2. The molecule has 0 aliphatic carbocycles. The lowest BCUT2D eigenvalue weighted by Crippen LogP contribution is -2.63. The van der Waals surface area contributed by atoms with Crippen molar-refractivity contribution in [2.75, 3.05) is 9.80 Å². The van der Waals surface area contributed by atoms with E-state index in [0.717, 1.165) is 5.62 Å². The van der Waals surface area contributed by atoms with Crippen molar-refractivity contribution in [2.45, 2.75) is 198 Å². The molecule has 0 saturated carbocycles. The van der Waals surface area contributed by atoms with Crippen molar-refractivity contribution in [1.29, 1.82) is 0 Å². The topological polar surface area (TPSA) is 28.7 Å². The molecule has 1 aliphatic rings. The number of benzene rings is 4. The highest BCUT2D eigenvalue weighted by Crippen LogP contribution is 2.61. The van der Waals surface area contributed by atoms with Crippen molar-refractivity contribution in [1.82, 2.24) is 9.13 Å². The molecule has 6 rings (SSSR count). The van der Waals surface area contributed by atoms with Crippen LogP contribution in [0.1, 0.15) is 197 Å². The lowest BCUT2D eigenvalue weighted by Gasteiger charge is -2.58. The second-order valence-corrected chi connectivity index (χ2v) is 34.0. The summed E-state index contributed by atoms with van der Waals surface area (Å²) < 4.78 is 10.9. The zero-order valence-electron chi connectivity index (χ0n) is 47.2. The van der Waals surface area contributed by atoms with Crippen molar-refractivity contribution in [2.24, 2.45) is 4.66 Å². The fourth-order valence-electron chi connectivity index (χ4n) is 12.2. The van der Waals surface area contributed by atoms with Crippen molar-refractivity contribution in [3.05, 3.63) is 153 Å². The summed E-state index contributed by atoms with van der Waals surface area (Å²) in [7, 11) is -2.26. The number of hydrogen-bond donors (Lipinski definition) is 0. The smallest absolute Gasteiger partial charge is 0.217 e. The molecule has 68 heavy (non-hydrogen) atoms. The van der Waals surface area contributed by atoms with Crippen LogP contribution in [0.15, 0.2) is 90.1 Å². The van der Waals surface area contributed by atoms with E-state index in [9.17, 15) is 0 Å². The zero-order chi connectivity index (χ0) is 50.3. The standard InChI is InChI=1S/C39H64N3Si2.C21H24N2.Al.2H/c1-26(2)30-20-18-21-31(27(3)4)34(30)41-24-25-42(35-32(28(5)6)22-19-23-33(35)29(7)8)36(41)40-43-44(37(9,10)11,38(12,13)14)39(15,16)17;1-14-9-16(3)20(17(4)10-14)22-7-8-23(13-22)21-18(5)11-15(2)12-19(21)6;;;/h18-29,43H,1-17H3;7-12H,1-6H3;;;. The lowest BCUT2D eigenvalue weighted by molar-refractivity contribution is 0.555. The van der Waals surface area contributed by atoms with Crippen LogP contribution in [0.4, 0.5) is 11.4 Å². The molecule has 0 fully saturated rings. The van der Waals surface area contributed by atoms with Gasteiger partial charge in [-0.2, -0.15) is 0 Å². The van der Waals surface area contributed by atoms with E-state index in [4.69, 9.17) is 4.66 Å². The summed E-state index contributed by atoms with van der Waals surface area (Å²) in [6, 6.07) is 22.7. The highest BCUT2D eigenvalue weighted by molar-refractivity contribution is 7.28. The molecule has 0 atom stereocenters. The third-order valence-electron chi connectivity index (χ3n) is 14.2. The maximum absolute atomic E-state index is 5.96. The Labute approximate surface area is 429 Å². The van der Waals surface area contributed by atoms with Crippen molar-refractivity contribution in [3.8, 4) is 11.4 Å². The molecule has 0 unspecified atom stereocenters. The molecular weight excluding hydrogens is 874 g/mol. The molecule has 1 aliphatic heterocycles. The summed E-state index contributed by atoms with van der Waals surface area (Å²) in [5.41, 5.74) is 19.4. The van der Waals surface area contributed by atoms with E-state index in [1.165, 1.54) is 78.4 Å². The molecule has 0 bridgehead atoms. The van der Waals surface area contributed by atoms with E-state index in [1.54, 1.807) is 0 Å². The molecule has 8 heteroatoms. The van der Waals surface area contributed by atoms with E-state index in [0.29, 0.717) is 23.7 Å². The SMILES string of the molecule is CC(C)c1cccc(C(C)C)c1-n1ccn(-c2c(C(C)C)cccc2C(C)C)c1=N[SiH][Si](C(C)(C)C)(C(C)(C)C)C(C)(C)C.Cc1cc(C)c(N2[C]N(c3c(C)cc(C)cc3C)C=C2)c(C)c1.[AlH2]. The molecule has 2 heterocycles. The Hall–Kier alpha value is -3.80. The normalized spacial score (nSPS) is 13.5. The number of anilines is 2. The fraction of sp³-hybridized carbons (Fsp3) is 0.500. The third-order valence-corrected chi connectivity index (χ3v) is 31.4. The van der Waals surface area contributed by atoms with E-state index in [-0.39, 0.29) is 41.7 Å². The molecular formula is C60H90AlN5Si2. The third kappa shape index (κ3) is 11.4. The largest absolute Gasteiger partial charge is 0.315 e. The Balaban J connectivity index is 0.000000351. The molecule has 0 amide bonds. The predicted octanol–water partition coefficient (Wildman–Crippen LogP) is 15.8. The summed E-state index contributed by atoms with van der Waals surface area (Å²) >= 11 is 0. The number of aryl methyl sites for hydroxylation is 6. The highest BCUT2D eigenvalue weighted by Gasteiger charge is 2.60. The summed E-state index contributed by atoms with van der Waals surface area (Å²) in [4.78, 5) is 4.20. The number of nitrogens with zero attached hydrogens (tertiary/aromatic N) is 5. The minimum absolute atomic E-state index is 0. The monoisotopic (exact) mass is 964 g/mol. The predicted molar refractivity (Wildman–Crippen MR) is 306 cm³/mol. The molecule has 1 aromatic heterocycles. The van der Waals surface area contributed by atoms with E-state index in [1.807, 2.05) is 0 Å². The first-order valence-corrected chi connectivity index (χ1v) is 29.4. The molecule has 0 N–H and O–H groups in total. The first-order valence-electron chi connectivity index (χ1n) is 25.1. The minimum atomic E-state index is -2.06. The van der Waals surface area contributed by atoms with Gasteiger partial charge < -0.3 is 9.80 Å². The first kappa shape index (κ1) is 56.8. The number of aromatic nitrogens is 2. The van der Waals surface area contributed by atoms with E-state index >= 15 is 0 Å². The molecule has 5 nitrogen and oxygen atoms in total. The molecule has 366 valence electrons. The van der Waals surface area contributed by atoms with Crippen LogP contribution in [0, 0.1) is 48.2 Å². The van der Waals surface area contributed by atoms with Gasteiger partial charge in [-0.25, -0.2) is 0 Å². The van der Waals surface area contributed by atoms with Crippen molar-refractivity contribution < 1.29 is 0 Å². The van der Waals surface area contributed by atoms with Gasteiger partial charge in [-0.15, -0.1) is 0 Å². The molecule has 0 spiro atoms. The quantitative estimate of drug-likeness (QED) is 0.131. The van der Waals surface area contributed by atoms with Gasteiger partial charge in [0, 0.05) is 36.2 Å². The summed E-state index contributed by atoms with van der Waals surface area (Å²) in [5, 5.41) is 0.591. The van der Waals surface area contributed by atoms with Crippen LogP contribution >= 0.6 is 0 Å². The van der Waals surface area contributed by atoms with Crippen LogP contribution in [0.5, 0.6) is 0 Å². The molecule has 5 aromatic rings. The number of hydrogen-bond acceptors (Lipinski definition) is 3. The van der Waals surface area contributed by atoms with Crippen molar-refractivity contribution in [3.63, 3.8) is 0 Å². The van der Waals surface area contributed by atoms with Gasteiger partial charge in [-0.1, -0.05) is 189 Å². The number of rotatable bonds is 10. The van der Waals surface area contributed by atoms with Gasteiger partial charge in [-0.3, -0.25) is 13.8 Å². The van der Waals surface area contributed by atoms with Crippen LogP contribution < -0.4 is 15.4 Å². The van der Waals surface area contributed by atoms with Crippen LogP contribution in [-0.2, 0) is 0 Å². The summed E-state index contributed by atoms with van der Waals surface area (Å²) in [6.07, 6.45) is 8.79. The van der Waals surface area contributed by atoms with Crippen LogP contribution in [0.25, 0.3) is 11.4 Å². The maximum atomic E-state index is 5.96. The first-order chi connectivity index (χ1) is 30.9. The molecule has 4 aromatic carbocycles. The van der Waals surface area contributed by atoms with Gasteiger partial charge in [-0.05, 0) is 125 Å². The minimum Gasteiger partial charge on any atom is -0.315 e. The van der Waals surface area contributed by atoms with Crippen LogP contribution in [0.2, 0.25) is 15.1 Å². The zero-order valence-corrected chi connectivity index (χ0v) is 51.4. The van der Waals surface area contributed by atoms with Gasteiger partial charge in [0.05, 0.1) is 19.0 Å². The van der Waals surface area contributed by atoms with Gasteiger partial charge in [0.15, 0.2) is 9.20 Å². The maximum Gasteiger partial charge on any atom is 0.217 e. The van der Waals surface area contributed by atoms with E-state index < -0.39 is 7.59 Å². The second-order valence-electron chi connectivity index (χ2n) is 24.0.